The van der Waals surface area contributed by atoms with E-state index in [1.807, 2.05) is 72.8 Å². The van der Waals surface area contributed by atoms with Crippen LogP contribution in [0.4, 0.5) is 17.1 Å². The Labute approximate surface area is 342 Å². The van der Waals surface area contributed by atoms with Crippen LogP contribution < -0.4 is 4.90 Å². The smallest absolute Gasteiger partial charge is 0.164 e. The van der Waals surface area contributed by atoms with Gasteiger partial charge in [0.2, 0.25) is 0 Å². The molecule has 0 radical (unpaired) electrons. The van der Waals surface area contributed by atoms with E-state index >= 15 is 0 Å². The lowest BCUT2D eigenvalue weighted by Crippen LogP contribution is -2.16. The third kappa shape index (κ3) is 5.81. The molecule has 2 heterocycles. The van der Waals surface area contributed by atoms with Gasteiger partial charge >= 0.3 is 0 Å². The summed E-state index contributed by atoms with van der Waals surface area (Å²) in [7, 11) is 0. The van der Waals surface area contributed by atoms with Crippen molar-refractivity contribution in [3.8, 4) is 56.4 Å². The number of fused-ring (bicyclic) bond motifs is 6. The molecule has 5 nitrogen and oxygen atoms in total. The molecule has 0 amide bonds. The maximum atomic E-state index is 6.75. The van der Waals surface area contributed by atoms with Crippen molar-refractivity contribution >= 4 is 39.0 Å². The lowest BCUT2D eigenvalue weighted by Gasteiger charge is -2.28. The number of hydrogen-bond donors (Lipinski definition) is 0. The molecule has 0 aliphatic heterocycles. The summed E-state index contributed by atoms with van der Waals surface area (Å²) in [6.07, 6.45) is 0. The zero-order valence-electron chi connectivity index (χ0n) is 32.7. The van der Waals surface area contributed by atoms with Gasteiger partial charge in [-0.3, -0.25) is 0 Å². The minimum Gasteiger partial charge on any atom is -0.455 e. The summed E-state index contributed by atoms with van der Waals surface area (Å²) < 4.78 is 6.75. The number of furan rings is 1. The van der Waals surface area contributed by atoms with Gasteiger partial charge in [0.1, 0.15) is 11.2 Å². The lowest BCUT2D eigenvalue weighted by atomic mass is 9.82. The van der Waals surface area contributed by atoms with E-state index in [4.69, 9.17) is 19.4 Å². The third-order valence-electron chi connectivity index (χ3n) is 11.7. The van der Waals surface area contributed by atoms with E-state index in [1.54, 1.807) is 0 Å². The molecule has 280 valence electrons. The van der Waals surface area contributed by atoms with Crippen LogP contribution in [0.2, 0.25) is 0 Å². The Balaban J connectivity index is 1.04. The first-order valence-corrected chi connectivity index (χ1v) is 20.0. The SMILES string of the molecule is CC1(C)c2ccccc2-c2ccc(N(c3ccccc3)c3ccc(-c4ccc(-c5nc(-c6ccccc6)nc(-c6ccccc6)n5)c5c4oc4ccccc45)cc3)cc21. The van der Waals surface area contributed by atoms with Gasteiger partial charge in [-0.25, -0.2) is 15.0 Å². The predicted molar refractivity (Wildman–Crippen MR) is 241 cm³/mol. The lowest BCUT2D eigenvalue weighted by molar-refractivity contribution is 0.660. The topological polar surface area (TPSA) is 55.1 Å². The standard InChI is InChI=1S/C54H38N4O/c1-54(2)46-24-14-12-22-42(46)43-31-30-40(34-47(43)54)58(38-20-10-5-11-21-38)39-28-26-35(27-29-39)41-32-33-45(49-44-23-13-15-25-48(44)59-50(41)49)53-56-51(36-16-6-3-7-17-36)55-52(57-53)37-18-8-4-9-19-37/h3-34H,1-2H3. The van der Waals surface area contributed by atoms with Crippen LogP contribution in [-0.4, -0.2) is 15.0 Å². The van der Waals surface area contributed by atoms with E-state index in [0.717, 1.165) is 66.8 Å². The van der Waals surface area contributed by atoms with Gasteiger partial charge in [-0.15, -0.1) is 0 Å². The van der Waals surface area contributed by atoms with Crippen molar-refractivity contribution in [1.29, 1.82) is 0 Å². The molecule has 0 bridgehead atoms. The zero-order chi connectivity index (χ0) is 39.5. The molecule has 0 fully saturated rings. The first kappa shape index (κ1) is 34.6. The molecule has 59 heavy (non-hydrogen) atoms. The van der Waals surface area contributed by atoms with Crippen LogP contribution >= 0.6 is 0 Å². The first-order chi connectivity index (χ1) is 29.0. The van der Waals surface area contributed by atoms with Crippen molar-refractivity contribution in [2.45, 2.75) is 19.3 Å². The van der Waals surface area contributed by atoms with E-state index in [-0.39, 0.29) is 5.41 Å². The van der Waals surface area contributed by atoms with E-state index in [9.17, 15) is 0 Å². The Bertz CT molecular complexity index is 3120. The number of rotatable bonds is 7. The number of aromatic nitrogens is 3. The second-order valence-electron chi connectivity index (χ2n) is 15.6. The molecule has 8 aromatic carbocycles. The molecule has 0 unspecified atom stereocenters. The van der Waals surface area contributed by atoms with Gasteiger partial charge < -0.3 is 9.32 Å². The van der Waals surface area contributed by atoms with Gasteiger partial charge in [0.05, 0.1) is 0 Å². The number of hydrogen-bond acceptors (Lipinski definition) is 5. The second-order valence-corrected chi connectivity index (χ2v) is 15.6. The maximum Gasteiger partial charge on any atom is 0.164 e. The summed E-state index contributed by atoms with van der Waals surface area (Å²) in [5.41, 5.74) is 14.9. The summed E-state index contributed by atoms with van der Waals surface area (Å²) >= 11 is 0. The fourth-order valence-electron chi connectivity index (χ4n) is 8.82. The Hall–Kier alpha value is -7.63. The first-order valence-electron chi connectivity index (χ1n) is 20.0. The van der Waals surface area contributed by atoms with Gasteiger partial charge in [-0.1, -0.05) is 153 Å². The Kier molecular flexibility index (Phi) is 8.09. The highest BCUT2D eigenvalue weighted by molar-refractivity contribution is 6.15. The molecule has 10 aromatic rings. The monoisotopic (exact) mass is 758 g/mol. The van der Waals surface area contributed by atoms with Crippen molar-refractivity contribution in [2.75, 3.05) is 4.90 Å². The van der Waals surface area contributed by atoms with Gasteiger partial charge in [0.25, 0.3) is 0 Å². The summed E-state index contributed by atoms with van der Waals surface area (Å²) in [6.45, 7) is 4.66. The number of benzene rings is 8. The molecule has 0 atom stereocenters. The summed E-state index contributed by atoms with van der Waals surface area (Å²) in [6, 6.07) is 67.8. The average molecular weight is 759 g/mol. The average Bonchev–Trinajstić information content (AvgIpc) is 3.80. The summed E-state index contributed by atoms with van der Waals surface area (Å²) in [4.78, 5) is 17.5. The van der Waals surface area contributed by atoms with Gasteiger partial charge in [-0.05, 0) is 82.4 Å². The highest BCUT2D eigenvalue weighted by Crippen LogP contribution is 2.51. The molecular formula is C54H38N4O. The van der Waals surface area contributed by atoms with Crippen LogP contribution in [0.3, 0.4) is 0 Å². The Morgan fingerprint density at radius 2 is 0.932 bits per heavy atom. The highest BCUT2D eigenvalue weighted by atomic mass is 16.3. The summed E-state index contributed by atoms with van der Waals surface area (Å²) in [5, 5.41) is 1.98. The minimum absolute atomic E-state index is 0.105. The predicted octanol–water partition coefficient (Wildman–Crippen LogP) is 14.2. The van der Waals surface area contributed by atoms with Crippen LogP contribution in [-0.2, 0) is 5.41 Å². The Morgan fingerprint density at radius 1 is 0.407 bits per heavy atom. The number of nitrogens with zero attached hydrogens (tertiary/aromatic N) is 4. The fraction of sp³-hybridized carbons (Fsp3) is 0.0556. The molecular weight excluding hydrogens is 721 g/mol. The number of anilines is 3. The molecule has 1 aliphatic rings. The van der Waals surface area contributed by atoms with Crippen molar-refractivity contribution in [1.82, 2.24) is 15.0 Å². The number of para-hydroxylation sites is 2. The van der Waals surface area contributed by atoms with Crippen molar-refractivity contribution < 1.29 is 4.42 Å². The van der Waals surface area contributed by atoms with E-state index in [0.29, 0.717) is 17.5 Å². The van der Waals surface area contributed by atoms with Crippen LogP contribution in [0, 0.1) is 0 Å². The van der Waals surface area contributed by atoms with Crippen LogP contribution in [0.5, 0.6) is 0 Å². The molecule has 1 aliphatic carbocycles. The van der Waals surface area contributed by atoms with Crippen molar-refractivity contribution in [3.63, 3.8) is 0 Å². The molecule has 0 saturated carbocycles. The largest absolute Gasteiger partial charge is 0.455 e. The fourth-order valence-corrected chi connectivity index (χ4v) is 8.82. The highest BCUT2D eigenvalue weighted by Gasteiger charge is 2.35. The van der Waals surface area contributed by atoms with Gasteiger partial charge in [0, 0.05) is 55.5 Å². The maximum absolute atomic E-state index is 6.75. The quantitative estimate of drug-likeness (QED) is 0.162. The second kappa shape index (κ2) is 13.8. The molecule has 5 heteroatoms. The molecule has 0 spiro atoms. The van der Waals surface area contributed by atoms with E-state index in [2.05, 4.69) is 140 Å². The zero-order valence-corrected chi connectivity index (χ0v) is 32.7. The van der Waals surface area contributed by atoms with Crippen molar-refractivity contribution in [3.05, 3.63) is 205 Å². The van der Waals surface area contributed by atoms with E-state index < -0.39 is 0 Å². The molecule has 2 aromatic heterocycles. The summed E-state index contributed by atoms with van der Waals surface area (Å²) in [5.74, 6) is 1.83. The van der Waals surface area contributed by atoms with Crippen LogP contribution in [0.15, 0.2) is 199 Å². The normalized spacial score (nSPS) is 12.7. The molecule has 11 rings (SSSR count). The molecule has 0 saturated heterocycles. The van der Waals surface area contributed by atoms with Crippen LogP contribution in [0.25, 0.3) is 78.4 Å². The van der Waals surface area contributed by atoms with Gasteiger partial charge in [-0.2, -0.15) is 0 Å². The molecule has 0 N–H and O–H groups in total. The minimum atomic E-state index is -0.105. The van der Waals surface area contributed by atoms with Gasteiger partial charge in [0.15, 0.2) is 17.5 Å². The van der Waals surface area contributed by atoms with E-state index in [1.165, 1.54) is 22.3 Å². The Morgan fingerprint density at radius 3 is 1.64 bits per heavy atom. The third-order valence-corrected chi connectivity index (χ3v) is 11.7. The van der Waals surface area contributed by atoms with Crippen molar-refractivity contribution in [2.24, 2.45) is 0 Å². The van der Waals surface area contributed by atoms with Crippen LogP contribution in [0.1, 0.15) is 25.0 Å².